The summed E-state index contributed by atoms with van der Waals surface area (Å²) in [6.45, 7) is 4.11. The number of anilines is 2. The molecule has 0 atom stereocenters. The number of nitrogens with zero attached hydrogens (tertiary/aromatic N) is 2. The third-order valence-electron chi connectivity index (χ3n) is 4.37. The van der Waals surface area contributed by atoms with Crippen LogP contribution in [0.2, 0.25) is 0 Å². The van der Waals surface area contributed by atoms with Crippen LogP contribution in [0.4, 0.5) is 11.4 Å². The number of morpholine rings is 1. The van der Waals surface area contributed by atoms with E-state index in [4.69, 9.17) is 4.74 Å². The van der Waals surface area contributed by atoms with Crippen molar-refractivity contribution in [1.82, 2.24) is 4.90 Å². The molecule has 1 radical (unpaired) electrons. The van der Waals surface area contributed by atoms with Crippen molar-refractivity contribution in [1.29, 1.82) is 0 Å². The van der Waals surface area contributed by atoms with E-state index >= 15 is 0 Å². The Morgan fingerprint density at radius 2 is 1.92 bits per heavy atom. The standard InChI is InChI=1S/C19H19N2O2S/c22-19(9-10-20-11-13-23-14-12-20)21-15-5-1-3-7-17(15)24-18-8-4-2-6-16(18)21/h1,3-8H,9-14H2. The normalized spacial score (nSPS) is 17.2. The Kier molecular flexibility index (Phi) is 4.56. The van der Waals surface area contributed by atoms with Gasteiger partial charge in [0.1, 0.15) is 0 Å². The predicted octanol–water partition coefficient (Wildman–Crippen LogP) is 3.34. The quantitative estimate of drug-likeness (QED) is 0.859. The van der Waals surface area contributed by atoms with Gasteiger partial charge in [0, 0.05) is 35.8 Å². The molecule has 2 heterocycles. The van der Waals surface area contributed by atoms with Gasteiger partial charge in [-0.25, -0.2) is 0 Å². The first-order valence-corrected chi connectivity index (χ1v) is 9.04. The van der Waals surface area contributed by atoms with Crippen molar-refractivity contribution in [2.45, 2.75) is 16.2 Å². The van der Waals surface area contributed by atoms with Gasteiger partial charge in [0.05, 0.1) is 24.6 Å². The molecule has 2 aromatic carbocycles. The van der Waals surface area contributed by atoms with Crippen LogP contribution in [-0.4, -0.2) is 43.7 Å². The molecular weight excluding hydrogens is 320 g/mol. The molecule has 4 rings (SSSR count). The molecule has 0 spiro atoms. The number of ether oxygens (including phenoxy) is 1. The number of carbonyl (C=O) groups excluding carboxylic acids is 1. The molecule has 2 aliphatic heterocycles. The van der Waals surface area contributed by atoms with Crippen LogP contribution in [-0.2, 0) is 9.53 Å². The van der Waals surface area contributed by atoms with Crippen LogP contribution >= 0.6 is 11.8 Å². The van der Waals surface area contributed by atoms with Crippen LogP contribution in [0.15, 0.2) is 52.3 Å². The first-order valence-electron chi connectivity index (χ1n) is 8.23. The SMILES string of the molecule is O=C(CCN1CCOCC1)N1c2c[c]ccc2Sc2ccccc21. The molecule has 0 unspecified atom stereocenters. The predicted molar refractivity (Wildman–Crippen MR) is 94.9 cm³/mol. The minimum atomic E-state index is 0.134. The summed E-state index contributed by atoms with van der Waals surface area (Å²) in [6.07, 6.45) is 0.507. The topological polar surface area (TPSA) is 32.8 Å². The highest BCUT2D eigenvalue weighted by molar-refractivity contribution is 7.99. The summed E-state index contributed by atoms with van der Waals surface area (Å²) in [6, 6.07) is 17.0. The van der Waals surface area contributed by atoms with E-state index in [-0.39, 0.29) is 5.91 Å². The van der Waals surface area contributed by atoms with Crippen molar-refractivity contribution in [3.63, 3.8) is 0 Å². The lowest BCUT2D eigenvalue weighted by molar-refractivity contribution is -0.118. The van der Waals surface area contributed by atoms with Gasteiger partial charge in [0.25, 0.3) is 0 Å². The molecule has 1 fully saturated rings. The Labute approximate surface area is 146 Å². The third kappa shape index (κ3) is 3.07. The lowest BCUT2D eigenvalue weighted by Gasteiger charge is -2.32. The molecule has 5 heteroatoms. The molecule has 1 saturated heterocycles. The number of amides is 1. The highest BCUT2D eigenvalue weighted by Crippen LogP contribution is 2.47. The van der Waals surface area contributed by atoms with Gasteiger partial charge in [0.2, 0.25) is 5.91 Å². The maximum atomic E-state index is 13.0. The van der Waals surface area contributed by atoms with Crippen LogP contribution in [0.1, 0.15) is 6.42 Å². The summed E-state index contributed by atoms with van der Waals surface area (Å²) in [7, 11) is 0. The number of benzene rings is 2. The van der Waals surface area contributed by atoms with Crippen LogP contribution in [0.25, 0.3) is 0 Å². The summed E-state index contributed by atoms with van der Waals surface area (Å²) in [5.41, 5.74) is 1.91. The molecule has 0 N–H and O–H groups in total. The highest BCUT2D eigenvalue weighted by atomic mass is 32.2. The fraction of sp³-hybridized carbons (Fsp3) is 0.316. The van der Waals surface area contributed by atoms with E-state index in [0.29, 0.717) is 6.42 Å². The Hall–Kier alpha value is -1.82. The molecule has 2 aliphatic rings. The molecule has 0 saturated carbocycles. The van der Waals surface area contributed by atoms with Gasteiger partial charge in [0.15, 0.2) is 0 Å². The van der Waals surface area contributed by atoms with Crippen LogP contribution in [0, 0.1) is 6.07 Å². The van der Waals surface area contributed by atoms with Crippen molar-refractivity contribution in [3.8, 4) is 0 Å². The van der Waals surface area contributed by atoms with Gasteiger partial charge in [-0.2, -0.15) is 0 Å². The fourth-order valence-electron chi connectivity index (χ4n) is 3.10. The lowest BCUT2D eigenvalue weighted by Crippen LogP contribution is -2.39. The molecule has 24 heavy (non-hydrogen) atoms. The Morgan fingerprint density at radius 3 is 2.79 bits per heavy atom. The smallest absolute Gasteiger partial charge is 0.232 e. The molecule has 0 aromatic heterocycles. The molecule has 2 aromatic rings. The lowest BCUT2D eigenvalue weighted by atomic mass is 10.2. The molecule has 4 nitrogen and oxygen atoms in total. The first kappa shape index (κ1) is 15.7. The first-order chi connectivity index (χ1) is 11.8. The number of fused-ring (bicyclic) bond motifs is 2. The molecule has 0 bridgehead atoms. The Morgan fingerprint density at radius 1 is 1.12 bits per heavy atom. The molecule has 1 amide bonds. The fourth-order valence-corrected chi connectivity index (χ4v) is 4.14. The second-order valence-corrected chi connectivity index (χ2v) is 6.98. The summed E-state index contributed by atoms with van der Waals surface area (Å²) >= 11 is 1.71. The second kappa shape index (κ2) is 6.97. The van der Waals surface area contributed by atoms with Gasteiger partial charge in [-0.3, -0.25) is 14.6 Å². The number of para-hydroxylation sites is 1. The van der Waals surface area contributed by atoms with Gasteiger partial charge in [-0.05, 0) is 30.3 Å². The molecular formula is C19H19N2O2S. The zero-order chi connectivity index (χ0) is 16.4. The van der Waals surface area contributed by atoms with Gasteiger partial charge < -0.3 is 4.74 Å². The van der Waals surface area contributed by atoms with E-state index in [2.05, 4.69) is 17.0 Å². The van der Waals surface area contributed by atoms with Crippen LogP contribution in [0.5, 0.6) is 0 Å². The highest BCUT2D eigenvalue weighted by Gasteiger charge is 2.27. The number of carbonyl (C=O) groups is 1. The van der Waals surface area contributed by atoms with Crippen molar-refractivity contribution in [2.24, 2.45) is 0 Å². The molecule has 0 aliphatic carbocycles. The van der Waals surface area contributed by atoms with E-state index in [1.165, 1.54) is 0 Å². The maximum absolute atomic E-state index is 13.0. The second-order valence-electron chi connectivity index (χ2n) is 5.90. The summed E-state index contributed by atoms with van der Waals surface area (Å²) in [5.74, 6) is 0.134. The van der Waals surface area contributed by atoms with Gasteiger partial charge in [-0.15, -0.1) is 0 Å². The van der Waals surface area contributed by atoms with E-state index in [0.717, 1.165) is 54.0 Å². The summed E-state index contributed by atoms with van der Waals surface area (Å²) in [5, 5.41) is 0. The Balaban J connectivity index is 1.58. The molecule has 123 valence electrons. The monoisotopic (exact) mass is 339 g/mol. The van der Waals surface area contributed by atoms with Crippen molar-refractivity contribution < 1.29 is 9.53 Å². The summed E-state index contributed by atoms with van der Waals surface area (Å²) < 4.78 is 5.37. The maximum Gasteiger partial charge on any atom is 0.232 e. The van der Waals surface area contributed by atoms with Crippen molar-refractivity contribution in [3.05, 3.63) is 48.5 Å². The summed E-state index contributed by atoms with van der Waals surface area (Å²) in [4.78, 5) is 19.4. The zero-order valence-corrected chi connectivity index (χ0v) is 14.2. The van der Waals surface area contributed by atoms with Crippen molar-refractivity contribution >= 4 is 29.0 Å². The van der Waals surface area contributed by atoms with Gasteiger partial charge in [-0.1, -0.05) is 30.0 Å². The van der Waals surface area contributed by atoms with Gasteiger partial charge >= 0.3 is 0 Å². The minimum Gasteiger partial charge on any atom is -0.379 e. The number of hydrogen-bond donors (Lipinski definition) is 0. The van der Waals surface area contributed by atoms with E-state index in [1.54, 1.807) is 11.8 Å². The number of rotatable bonds is 3. The van der Waals surface area contributed by atoms with E-state index < -0.39 is 0 Å². The minimum absolute atomic E-state index is 0.134. The largest absolute Gasteiger partial charge is 0.379 e. The zero-order valence-electron chi connectivity index (χ0n) is 13.4. The number of hydrogen-bond acceptors (Lipinski definition) is 4. The van der Waals surface area contributed by atoms with Crippen molar-refractivity contribution in [2.75, 3.05) is 37.7 Å². The third-order valence-corrected chi connectivity index (χ3v) is 5.50. The average molecular weight is 339 g/mol. The van der Waals surface area contributed by atoms with E-state index in [9.17, 15) is 4.79 Å². The Bertz CT molecular complexity index is 698. The van der Waals surface area contributed by atoms with Crippen LogP contribution < -0.4 is 4.90 Å². The van der Waals surface area contributed by atoms with E-state index in [1.807, 2.05) is 41.3 Å². The average Bonchev–Trinajstić information content (AvgIpc) is 2.65. The van der Waals surface area contributed by atoms with Crippen LogP contribution in [0.3, 0.4) is 0 Å².